The lowest BCUT2D eigenvalue weighted by Crippen LogP contribution is -2.49. The molecular weight excluding hydrogens is 334 g/mol. The van der Waals surface area contributed by atoms with Crippen LogP contribution in [-0.2, 0) is 0 Å². The van der Waals surface area contributed by atoms with Gasteiger partial charge in [0.15, 0.2) is 0 Å². The minimum absolute atomic E-state index is 0. The maximum Gasteiger partial charge on any atom is 0.254 e. The van der Waals surface area contributed by atoms with Gasteiger partial charge in [0.1, 0.15) is 0 Å². The van der Waals surface area contributed by atoms with Gasteiger partial charge in [-0.25, -0.2) is 0 Å². The number of likely N-dealkylation sites (tertiary alicyclic amines) is 1. The van der Waals surface area contributed by atoms with Crippen molar-refractivity contribution >= 4 is 29.7 Å². The molecule has 0 spiro atoms. The molecule has 2 aromatic rings. The Balaban J connectivity index is 0.00000225. The van der Waals surface area contributed by atoms with E-state index in [1.807, 2.05) is 59.5 Å². The Labute approximate surface area is 155 Å². The number of carbonyl (C=O) groups excluding carboxylic acids is 1. The lowest BCUT2D eigenvalue weighted by atomic mass is 9.92. The van der Waals surface area contributed by atoms with Gasteiger partial charge in [-0.2, -0.15) is 0 Å². The molecule has 0 aromatic heterocycles. The fourth-order valence-corrected chi connectivity index (χ4v) is 3.33. The van der Waals surface area contributed by atoms with Crippen LogP contribution in [0, 0.1) is 5.92 Å². The Bertz CT molecular complexity index is 692. The summed E-state index contributed by atoms with van der Waals surface area (Å²) in [4.78, 5) is 14.9. The Kier molecular flexibility index (Phi) is 6.85. The van der Waals surface area contributed by atoms with Crippen LogP contribution in [0.4, 0.5) is 11.4 Å². The molecule has 3 N–H and O–H groups in total. The average molecular weight is 360 g/mol. The van der Waals surface area contributed by atoms with Crippen LogP contribution in [0.15, 0.2) is 54.6 Å². The number of nitrogens with zero attached hydrogens (tertiary/aromatic N) is 1. The summed E-state index contributed by atoms with van der Waals surface area (Å²) >= 11 is 0. The fraction of sp³-hybridized carbons (Fsp3) is 0.350. The lowest BCUT2D eigenvalue weighted by Gasteiger charge is -2.38. The minimum atomic E-state index is 0. The maximum absolute atomic E-state index is 12.9. The molecule has 3 rings (SSSR count). The summed E-state index contributed by atoms with van der Waals surface area (Å²) < 4.78 is 0. The zero-order valence-corrected chi connectivity index (χ0v) is 15.3. The second kappa shape index (κ2) is 8.88. The van der Waals surface area contributed by atoms with Gasteiger partial charge >= 0.3 is 0 Å². The van der Waals surface area contributed by atoms with Gasteiger partial charge in [-0.05, 0) is 49.1 Å². The smallest absolute Gasteiger partial charge is 0.254 e. The van der Waals surface area contributed by atoms with Crippen LogP contribution in [0.3, 0.4) is 0 Å². The van der Waals surface area contributed by atoms with E-state index in [1.54, 1.807) is 0 Å². The molecule has 134 valence electrons. The van der Waals surface area contributed by atoms with Crippen LogP contribution in [-0.4, -0.2) is 29.9 Å². The molecule has 0 radical (unpaired) electrons. The van der Waals surface area contributed by atoms with Crippen molar-refractivity contribution in [2.75, 3.05) is 18.4 Å². The van der Waals surface area contributed by atoms with E-state index in [0.29, 0.717) is 18.0 Å². The largest absolute Gasteiger partial charge is 0.356 e. The highest BCUT2D eigenvalue weighted by Gasteiger charge is 2.29. The number of anilines is 2. The first-order valence-corrected chi connectivity index (χ1v) is 8.60. The number of nitrogens with one attached hydrogen (secondary N) is 1. The molecule has 1 amide bonds. The number of hydrogen-bond acceptors (Lipinski definition) is 3. The van der Waals surface area contributed by atoms with E-state index < -0.39 is 0 Å². The Morgan fingerprint density at radius 2 is 1.88 bits per heavy atom. The van der Waals surface area contributed by atoms with Crippen LogP contribution in [0.5, 0.6) is 0 Å². The van der Waals surface area contributed by atoms with E-state index in [0.717, 1.165) is 30.8 Å². The number of carbonyl (C=O) groups is 1. The standard InChI is InChI=1S/C20H25N3O.ClH/c1-15-10-11-23(19(12-15)14-21)20(24)16-6-5-9-18(13-16)22-17-7-3-2-4-8-17;/h2-9,13,15,19,22H,10-12,14,21H2,1H3;1H. The number of benzene rings is 2. The molecular formula is C20H26ClN3O. The van der Waals surface area contributed by atoms with Crippen molar-refractivity contribution in [3.63, 3.8) is 0 Å². The maximum atomic E-state index is 12.9. The van der Waals surface area contributed by atoms with Gasteiger partial charge in [0.25, 0.3) is 5.91 Å². The van der Waals surface area contributed by atoms with Crippen LogP contribution < -0.4 is 11.1 Å². The van der Waals surface area contributed by atoms with E-state index in [-0.39, 0.29) is 24.4 Å². The molecule has 1 aliphatic rings. The van der Waals surface area contributed by atoms with Gasteiger partial charge in [-0.3, -0.25) is 4.79 Å². The van der Waals surface area contributed by atoms with Crippen LogP contribution in [0.2, 0.25) is 0 Å². The zero-order chi connectivity index (χ0) is 16.9. The van der Waals surface area contributed by atoms with Crippen molar-refractivity contribution in [1.29, 1.82) is 0 Å². The third-order valence-electron chi connectivity index (χ3n) is 4.68. The molecule has 2 atom stereocenters. The van der Waals surface area contributed by atoms with Crippen molar-refractivity contribution in [1.82, 2.24) is 4.90 Å². The van der Waals surface area contributed by atoms with Crippen molar-refractivity contribution < 1.29 is 4.79 Å². The van der Waals surface area contributed by atoms with Crippen LogP contribution >= 0.6 is 12.4 Å². The predicted molar refractivity (Wildman–Crippen MR) is 106 cm³/mol. The third kappa shape index (κ3) is 4.74. The number of para-hydroxylation sites is 1. The summed E-state index contributed by atoms with van der Waals surface area (Å²) in [6.45, 7) is 3.55. The van der Waals surface area contributed by atoms with E-state index in [9.17, 15) is 4.79 Å². The molecule has 5 heteroatoms. The zero-order valence-electron chi connectivity index (χ0n) is 14.5. The highest BCUT2D eigenvalue weighted by atomic mass is 35.5. The fourth-order valence-electron chi connectivity index (χ4n) is 3.33. The molecule has 1 heterocycles. The van der Waals surface area contributed by atoms with Gasteiger partial charge in [0, 0.05) is 36.1 Å². The highest BCUT2D eigenvalue weighted by Crippen LogP contribution is 2.25. The highest BCUT2D eigenvalue weighted by molar-refractivity contribution is 5.95. The molecule has 2 unspecified atom stereocenters. The van der Waals surface area contributed by atoms with Gasteiger partial charge in [0.2, 0.25) is 0 Å². The average Bonchev–Trinajstić information content (AvgIpc) is 2.62. The molecule has 1 aliphatic heterocycles. The Morgan fingerprint density at radius 3 is 2.60 bits per heavy atom. The van der Waals surface area contributed by atoms with Crippen LogP contribution in [0.25, 0.3) is 0 Å². The summed E-state index contributed by atoms with van der Waals surface area (Å²) in [5, 5.41) is 3.34. The summed E-state index contributed by atoms with van der Waals surface area (Å²) in [6.07, 6.45) is 2.04. The first-order valence-electron chi connectivity index (χ1n) is 8.60. The van der Waals surface area contributed by atoms with Gasteiger partial charge in [-0.15, -0.1) is 12.4 Å². The molecule has 2 aromatic carbocycles. The number of amides is 1. The van der Waals surface area contributed by atoms with Gasteiger partial charge in [-0.1, -0.05) is 31.2 Å². The normalized spacial score (nSPS) is 19.8. The molecule has 4 nitrogen and oxygen atoms in total. The van der Waals surface area contributed by atoms with E-state index in [4.69, 9.17) is 5.73 Å². The Hall–Kier alpha value is -2.04. The quantitative estimate of drug-likeness (QED) is 0.865. The number of halogens is 1. The summed E-state index contributed by atoms with van der Waals surface area (Å²) in [5.41, 5.74) is 8.54. The van der Waals surface area contributed by atoms with E-state index in [1.165, 1.54) is 0 Å². The van der Waals surface area contributed by atoms with E-state index >= 15 is 0 Å². The SMILES string of the molecule is CC1CCN(C(=O)c2cccc(Nc3ccccc3)c2)C(CN)C1.Cl. The summed E-state index contributed by atoms with van der Waals surface area (Å²) in [6, 6.07) is 17.8. The number of rotatable bonds is 4. The number of nitrogens with two attached hydrogens (primary N) is 1. The second-order valence-corrected chi connectivity index (χ2v) is 6.59. The van der Waals surface area contributed by atoms with Gasteiger partial charge in [0.05, 0.1) is 0 Å². The first kappa shape index (κ1) is 19.3. The molecule has 0 saturated carbocycles. The summed E-state index contributed by atoms with van der Waals surface area (Å²) in [7, 11) is 0. The molecule has 25 heavy (non-hydrogen) atoms. The minimum Gasteiger partial charge on any atom is -0.356 e. The molecule has 1 fully saturated rings. The number of hydrogen-bond donors (Lipinski definition) is 2. The monoisotopic (exact) mass is 359 g/mol. The molecule has 0 aliphatic carbocycles. The Morgan fingerprint density at radius 1 is 1.16 bits per heavy atom. The topological polar surface area (TPSA) is 58.4 Å². The lowest BCUT2D eigenvalue weighted by molar-refractivity contribution is 0.0573. The van der Waals surface area contributed by atoms with Crippen molar-refractivity contribution in [2.24, 2.45) is 11.7 Å². The second-order valence-electron chi connectivity index (χ2n) is 6.59. The summed E-state index contributed by atoms with van der Waals surface area (Å²) in [5.74, 6) is 0.711. The number of piperidine rings is 1. The van der Waals surface area contributed by atoms with Crippen LogP contribution in [0.1, 0.15) is 30.1 Å². The molecule has 1 saturated heterocycles. The third-order valence-corrected chi connectivity index (χ3v) is 4.68. The molecule has 0 bridgehead atoms. The first-order chi connectivity index (χ1) is 11.7. The van der Waals surface area contributed by atoms with Crippen molar-refractivity contribution in [3.05, 3.63) is 60.2 Å². The predicted octanol–water partition coefficient (Wildman–Crippen LogP) is 4.05. The van der Waals surface area contributed by atoms with Crippen molar-refractivity contribution in [3.8, 4) is 0 Å². The van der Waals surface area contributed by atoms with E-state index in [2.05, 4.69) is 12.2 Å². The van der Waals surface area contributed by atoms with Gasteiger partial charge < -0.3 is 16.0 Å². The van der Waals surface area contributed by atoms with Crippen molar-refractivity contribution in [2.45, 2.75) is 25.8 Å².